The highest BCUT2D eigenvalue weighted by Crippen LogP contribution is 2.31. The number of hydrogen-bond donors (Lipinski definition) is 3. The van der Waals surface area contributed by atoms with Crippen LogP contribution in [0, 0.1) is 11.3 Å². The van der Waals surface area contributed by atoms with Crippen molar-refractivity contribution in [2.45, 2.75) is 25.5 Å². The third kappa shape index (κ3) is 7.90. The number of nitriles is 1. The maximum atomic E-state index is 11.5. The lowest BCUT2D eigenvalue weighted by Crippen LogP contribution is -2.40. The summed E-state index contributed by atoms with van der Waals surface area (Å²) in [4.78, 5) is 16.0. The number of fused-ring (bicyclic) bond motifs is 1. The number of nitrogens with one attached hydrogen (secondary N) is 3. The van der Waals surface area contributed by atoms with Gasteiger partial charge < -0.3 is 20.7 Å². The summed E-state index contributed by atoms with van der Waals surface area (Å²) in [6, 6.07) is 23.8. The number of aromatic nitrogens is 3. The molecule has 2 aromatic carbocycles. The number of nitrogens with zero attached hydrogens (tertiary/aromatic N) is 4. The van der Waals surface area contributed by atoms with Crippen molar-refractivity contribution in [3.05, 3.63) is 96.4 Å². The Morgan fingerprint density at radius 2 is 1.87 bits per heavy atom. The van der Waals surface area contributed by atoms with Crippen LogP contribution in [-0.4, -0.2) is 53.5 Å². The van der Waals surface area contributed by atoms with Crippen LogP contribution in [0.15, 0.2) is 85.3 Å². The monoisotopic (exact) mass is 523 g/mol. The number of carbonyl (C=O) groups excluding carboxylic acids is 1. The predicted octanol–water partition coefficient (Wildman–Crippen LogP) is 3.82. The van der Waals surface area contributed by atoms with E-state index in [1.54, 1.807) is 24.1 Å². The van der Waals surface area contributed by atoms with Crippen LogP contribution in [-0.2, 0) is 11.3 Å². The Kier molecular flexibility index (Phi) is 9.64. The zero-order chi connectivity index (χ0) is 27.5. The number of carbonyl (C=O) groups is 1. The molecule has 9 heteroatoms. The number of anilines is 1. The van der Waals surface area contributed by atoms with Gasteiger partial charge in [-0.05, 0) is 29.7 Å². The number of rotatable bonds is 8. The Morgan fingerprint density at radius 3 is 2.54 bits per heavy atom. The minimum atomic E-state index is -0.103. The summed E-state index contributed by atoms with van der Waals surface area (Å²) in [6.07, 6.45) is 5.27. The molecule has 0 fully saturated rings. The summed E-state index contributed by atoms with van der Waals surface area (Å²) in [5.74, 6) is 0.801. The van der Waals surface area contributed by atoms with Gasteiger partial charge in [-0.1, -0.05) is 55.5 Å². The van der Waals surface area contributed by atoms with Crippen molar-refractivity contribution in [3.63, 3.8) is 0 Å². The largest absolute Gasteiger partial charge is 0.470 e. The molecule has 2 atom stereocenters. The molecule has 0 radical (unpaired) electrons. The van der Waals surface area contributed by atoms with Gasteiger partial charge in [-0.2, -0.15) is 10.4 Å². The van der Waals surface area contributed by atoms with Gasteiger partial charge in [-0.3, -0.25) is 9.48 Å². The summed E-state index contributed by atoms with van der Waals surface area (Å²) >= 11 is 0. The van der Waals surface area contributed by atoms with E-state index in [0.717, 1.165) is 23.4 Å². The molecule has 200 valence electrons. The Balaban J connectivity index is 0.000000519. The zero-order valence-corrected chi connectivity index (χ0v) is 22.2. The summed E-state index contributed by atoms with van der Waals surface area (Å²) in [5.41, 5.74) is 4.50. The second-order valence-electron chi connectivity index (χ2n) is 9.25. The molecule has 1 aliphatic heterocycles. The molecule has 0 spiro atoms. The molecular weight excluding hydrogens is 490 g/mol. The average Bonchev–Trinajstić information content (AvgIpc) is 3.46. The molecule has 0 aliphatic carbocycles. The van der Waals surface area contributed by atoms with E-state index in [-0.39, 0.29) is 18.6 Å². The number of benzene rings is 2. The third-order valence-electron chi connectivity index (χ3n) is 6.30. The fourth-order valence-corrected chi connectivity index (χ4v) is 4.04. The van der Waals surface area contributed by atoms with Gasteiger partial charge in [-0.25, -0.2) is 4.98 Å². The number of amides is 1. The van der Waals surface area contributed by atoms with E-state index in [1.807, 2.05) is 72.9 Å². The Hall–Kier alpha value is -4.68. The van der Waals surface area contributed by atoms with Crippen molar-refractivity contribution in [1.82, 2.24) is 25.4 Å². The van der Waals surface area contributed by atoms with Crippen molar-refractivity contribution in [2.75, 3.05) is 32.0 Å². The molecule has 1 amide bonds. The van der Waals surface area contributed by atoms with Crippen LogP contribution in [0.1, 0.15) is 24.0 Å². The molecule has 0 saturated heterocycles. The van der Waals surface area contributed by atoms with Crippen molar-refractivity contribution >= 4 is 11.6 Å². The lowest BCUT2D eigenvalue weighted by atomic mass is 10.00. The van der Waals surface area contributed by atoms with Crippen LogP contribution >= 0.6 is 0 Å². The van der Waals surface area contributed by atoms with Gasteiger partial charge in [-0.15, -0.1) is 0 Å². The van der Waals surface area contributed by atoms with Crippen molar-refractivity contribution in [3.8, 4) is 23.1 Å². The van der Waals surface area contributed by atoms with E-state index in [2.05, 4.69) is 39.0 Å². The second kappa shape index (κ2) is 13.7. The molecule has 3 heterocycles. The minimum absolute atomic E-state index is 0.0284. The predicted molar refractivity (Wildman–Crippen MR) is 151 cm³/mol. The summed E-state index contributed by atoms with van der Waals surface area (Å²) in [5, 5.41) is 22.6. The van der Waals surface area contributed by atoms with Crippen LogP contribution in [0.3, 0.4) is 0 Å². The summed E-state index contributed by atoms with van der Waals surface area (Å²) < 4.78 is 7.66. The molecule has 4 aromatic rings. The molecule has 0 bridgehead atoms. The average molecular weight is 524 g/mol. The van der Waals surface area contributed by atoms with Crippen LogP contribution in [0.25, 0.3) is 11.1 Å². The maximum absolute atomic E-state index is 11.5. The van der Waals surface area contributed by atoms with E-state index >= 15 is 0 Å². The van der Waals surface area contributed by atoms with Gasteiger partial charge in [0.15, 0.2) is 0 Å². The lowest BCUT2D eigenvalue weighted by molar-refractivity contribution is -0.121. The summed E-state index contributed by atoms with van der Waals surface area (Å²) in [7, 11) is 1.60. The molecule has 1 aliphatic rings. The maximum Gasteiger partial charge on any atom is 0.241 e. The quantitative estimate of drug-likeness (QED) is 0.321. The van der Waals surface area contributed by atoms with Crippen LogP contribution in [0.5, 0.6) is 5.88 Å². The van der Waals surface area contributed by atoms with E-state index in [9.17, 15) is 4.79 Å². The van der Waals surface area contributed by atoms with Crippen LogP contribution < -0.4 is 20.7 Å². The molecule has 9 nitrogen and oxygen atoms in total. The van der Waals surface area contributed by atoms with Gasteiger partial charge in [0.1, 0.15) is 12.6 Å². The van der Waals surface area contributed by atoms with Crippen LogP contribution in [0.4, 0.5) is 5.69 Å². The van der Waals surface area contributed by atoms with Gasteiger partial charge in [0, 0.05) is 43.7 Å². The fourth-order valence-electron chi connectivity index (χ4n) is 4.04. The zero-order valence-electron chi connectivity index (χ0n) is 22.2. The van der Waals surface area contributed by atoms with Crippen molar-refractivity contribution in [1.29, 1.82) is 5.26 Å². The number of pyridine rings is 1. The minimum Gasteiger partial charge on any atom is -0.470 e. The second-order valence-corrected chi connectivity index (χ2v) is 9.25. The van der Waals surface area contributed by atoms with Crippen LogP contribution in [0.2, 0.25) is 0 Å². The molecular formula is C30H33N7O2. The number of ether oxygens (including phenoxy) is 1. The van der Waals surface area contributed by atoms with Gasteiger partial charge in [0.25, 0.3) is 0 Å². The smallest absolute Gasteiger partial charge is 0.241 e. The third-order valence-corrected chi connectivity index (χ3v) is 6.30. The van der Waals surface area contributed by atoms with E-state index in [4.69, 9.17) is 10.00 Å². The summed E-state index contributed by atoms with van der Waals surface area (Å²) in [6.45, 7) is 4.51. The fraction of sp³-hybridized carbons (Fsp3) is 0.267. The van der Waals surface area contributed by atoms with E-state index < -0.39 is 0 Å². The van der Waals surface area contributed by atoms with Gasteiger partial charge in [0.05, 0.1) is 30.1 Å². The van der Waals surface area contributed by atoms with Gasteiger partial charge in [0.2, 0.25) is 11.8 Å². The Morgan fingerprint density at radius 1 is 1.15 bits per heavy atom. The molecule has 39 heavy (non-hydrogen) atoms. The van der Waals surface area contributed by atoms with Crippen molar-refractivity contribution < 1.29 is 9.53 Å². The first-order valence-electron chi connectivity index (χ1n) is 12.9. The molecule has 0 saturated carbocycles. The number of hydrogen-bond acceptors (Lipinski definition) is 7. The van der Waals surface area contributed by atoms with E-state index in [1.165, 1.54) is 5.56 Å². The first kappa shape index (κ1) is 27.4. The Labute approximate surface area is 228 Å². The first-order chi connectivity index (χ1) is 19.1. The van der Waals surface area contributed by atoms with Gasteiger partial charge >= 0.3 is 0 Å². The Bertz CT molecular complexity index is 1350. The normalized spacial score (nSPS) is 14.3. The molecule has 2 unspecified atom stereocenters. The first-order valence-corrected chi connectivity index (χ1v) is 12.9. The van der Waals surface area contributed by atoms with E-state index in [0.29, 0.717) is 30.5 Å². The highest BCUT2D eigenvalue weighted by molar-refractivity contribution is 5.75. The molecule has 2 aromatic heterocycles. The van der Waals surface area contributed by atoms with Crippen molar-refractivity contribution in [2.24, 2.45) is 0 Å². The SMILES string of the molecule is CNC(=O)Cn1cc(-c2cnc3c(c2)NCC(CNCC(C)c2ccc(C#N)cc2)O3)cn1.c1ccccc1. The topological polar surface area (TPSA) is 117 Å². The lowest BCUT2D eigenvalue weighted by Gasteiger charge is -2.27. The molecule has 5 rings (SSSR count). The highest BCUT2D eigenvalue weighted by Gasteiger charge is 2.21. The molecule has 3 N–H and O–H groups in total. The number of likely N-dealkylation sites (N-methyl/N-ethyl adjacent to an activating group) is 1. The standard InChI is InChI=1S/C24H27N7O2.C6H6/c1-16(18-5-3-17(8-25)4-6-18)9-27-12-21-13-28-22-7-19(10-29-24(22)33-21)20-11-30-31(14-20)15-23(32)26-2;1-2-4-6-5-3-1/h3-7,10-11,14,16,21,27-28H,9,12-13,15H2,1-2H3,(H,26,32);1-6H. The highest BCUT2D eigenvalue weighted by atomic mass is 16.5.